The molecule has 0 N–H and O–H groups in total. The average molecular weight is 333 g/mol. The van der Waals surface area contributed by atoms with Gasteiger partial charge in [-0.2, -0.15) is 0 Å². The molecule has 0 saturated carbocycles. The Bertz CT molecular complexity index is 885. The van der Waals surface area contributed by atoms with E-state index in [-0.39, 0.29) is 5.91 Å². The molecule has 1 aromatic heterocycles. The van der Waals surface area contributed by atoms with Gasteiger partial charge in [-0.15, -0.1) is 0 Å². The Labute approximate surface area is 148 Å². The van der Waals surface area contributed by atoms with E-state index in [9.17, 15) is 4.79 Å². The number of aromatic nitrogens is 2. The van der Waals surface area contributed by atoms with Gasteiger partial charge in [-0.3, -0.25) is 4.79 Å². The number of benzene rings is 2. The minimum Gasteiger partial charge on any atom is -0.324 e. The number of likely N-dealkylation sites (tertiary alicyclic amines) is 1. The van der Waals surface area contributed by atoms with Gasteiger partial charge in [0.05, 0.1) is 17.7 Å². The quantitative estimate of drug-likeness (QED) is 0.698. The van der Waals surface area contributed by atoms with E-state index in [0.717, 1.165) is 41.8 Å². The minimum atomic E-state index is 0.259. The molecular formula is C21H23N3O. The van der Waals surface area contributed by atoms with Crippen molar-refractivity contribution in [3.63, 3.8) is 0 Å². The summed E-state index contributed by atoms with van der Waals surface area (Å²) in [6.45, 7) is 3.61. The first-order valence-corrected chi connectivity index (χ1v) is 9.04. The van der Waals surface area contributed by atoms with E-state index < -0.39 is 0 Å². The molecule has 1 aliphatic rings. The van der Waals surface area contributed by atoms with E-state index in [1.54, 1.807) is 0 Å². The highest BCUT2D eigenvalue weighted by Crippen LogP contribution is 2.28. The molecule has 0 radical (unpaired) electrons. The van der Waals surface area contributed by atoms with Crippen LogP contribution in [0.2, 0.25) is 0 Å². The van der Waals surface area contributed by atoms with Gasteiger partial charge in [-0.25, -0.2) is 4.98 Å². The molecule has 2 heterocycles. The van der Waals surface area contributed by atoms with E-state index in [1.165, 1.54) is 0 Å². The molecule has 2 aromatic carbocycles. The van der Waals surface area contributed by atoms with E-state index in [0.29, 0.717) is 19.0 Å². The number of imidazole rings is 1. The van der Waals surface area contributed by atoms with Crippen molar-refractivity contribution in [3.05, 3.63) is 54.6 Å². The number of fused-ring (bicyclic) bond motifs is 1. The zero-order chi connectivity index (χ0) is 17.2. The van der Waals surface area contributed by atoms with Gasteiger partial charge in [0.1, 0.15) is 5.82 Å². The van der Waals surface area contributed by atoms with Crippen molar-refractivity contribution in [2.24, 2.45) is 5.92 Å². The molecule has 1 fully saturated rings. The number of hydrogen-bond donors (Lipinski definition) is 0. The third-order valence-electron chi connectivity index (χ3n) is 4.99. The summed E-state index contributed by atoms with van der Waals surface area (Å²) in [5.74, 6) is 1.68. The molecule has 1 atom stereocenters. The Morgan fingerprint density at radius 2 is 1.84 bits per heavy atom. The fourth-order valence-corrected chi connectivity index (χ4v) is 3.79. The number of nitrogens with zero attached hydrogens (tertiary/aromatic N) is 3. The van der Waals surface area contributed by atoms with Crippen molar-refractivity contribution >= 4 is 16.9 Å². The number of carbonyl (C=O) groups excluding carboxylic acids is 1. The maximum absolute atomic E-state index is 12.5. The van der Waals surface area contributed by atoms with E-state index in [2.05, 4.69) is 29.7 Å². The largest absolute Gasteiger partial charge is 0.324 e. The summed E-state index contributed by atoms with van der Waals surface area (Å²) in [5.41, 5.74) is 3.13. The first-order valence-electron chi connectivity index (χ1n) is 9.04. The molecular weight excluding hydrogens is 310 g/mol. The Balaban J connectivity index is 1.72. The Morgan fingerprint density at radius 1 is 1.08 bits per heavy atom. The zero-order valence-corrected chi connectivity index (χ0v) is 14.6. The lowest BCUT2D eigenvalue weighted by atomic mass is 10.0. The van der Waals surface area contributed by atoms with Crippen LogP contribution in [0.5, 0.6) is 0 Å². The molecule has 4 nitrogen and oxygen atoms in total. The third-order valence-corrected chi connectivity index (χ3v) is 4.99. The van der Waals surface area contributed by atoms with Crippen molar-refractivity contribution in [3.8, 4) is 11.4 Å². The van der Waals surface area contributed by atoms with Gasteiger partial charge in [-0.05, 0) is 24.5 Å². The molecule has 128 valence electrons. The molecule has 1 aliphatic heterocycles. The molecule has 1 unspecified atom stereocenters. The highest BCUT2D eigenvalue weighted by molar-refractivity contribution is 5.82. The molecule has 4 heteroatoms. The van der Waals surface area contributed by atoms with Crippen LogP contribution >= 0.6 is 0 Å². The van der Waals surface area contributed by atoms with Crippen molar-refractivity contribution in [2.45, 2.75) is 32.9 Å². The molecule has 1 saturated heterocycles. The molecule has 0 spiro atoms. The summed E-state index contributed by atoms with van der Waals surface area (Å²) in [5, 5.41) is 0. The van der Waals surface area contributed by atoms with Gasteiger partial charge in [0.15, 0.2) is 0 Å². The highest BCUT2D eigenvalue weighted by atomic mass is 16.2. The van der Waals surface area contributed by atoms with Crippen molar-refractivity contribution in [1.82, 2.24) is 14.5 Å². The summed E-state index contributed by atoms with van der Waals surface area (Å²) in [6.07, 6.45) is 2.94. The third kappa shape index (κ3) is 3.04. The smallest absolute Gasteiger partial charge is 0.224 e. The van der Waals surface area contributed by atoms with Crippen molar-refractivity contribution in [2.75, 3.05) is 6.54 Å². The van der Waals surface area contributed by atoms with Gasteiger partial charge in [0.25, 0.3) is 0 Å². The standard InChI is InChI=1S/C21H23N3O/c1-2-8-16-13-20(25)23(14-16)15-24-19-12-7-6-11-18(19)22-21(24)17-9-4-3-5-10-17/h3-7,9-12,16H,2,8,13-15H2,1H3. The normalized spacial score (nSPS) is 17.6. The van der Waals surface area contributed by atoms with Crippen LogP contribution in [0.1, 0.15) is 26.2 Å². The lowest BCUT2D eigenvalue weighted by Crippen LogP contribution is -2.28. The fraction of sp³-hybridized carbons (Fsp3) is 0.333. The highest BCUT2D eigenvalue weighted by Gasteiger charge is 2.29. The van der Waals surface area contributed by atoms with E-state index in [1.807, 2.05) is 41.3 Å². The Kier molecular flexibility index (Phi) is 4.26. The zero-order valence-electron chi connectivity index (χ0n) is 14.6. The Hall–Kier alpha value is -2.62. The molecule has 3 aromatic rings. The Morgan fingerprint density at radius 3 is 2.64 bits per heavy atom. The maximum Gasteiger partial charge on any atom is 0.224 e. The summed E-state index contributed by atoms with van der Waals surface area (Å²) < 4.78 is 2.18. The number of amides is 1. The van der Waals surface area contributed by atoms with Gasteiger partial charge >= 0.3 is 0 Å². The second-order valence-electron chi connectivity index (χ2n) is 6.83. The topological polar surface area (TPSA) is 38.1 Å². The summed E-state index contributed by atoms with van der Waals surface area (Å²) in [4.78, 5) is 19.3. The van der Waals surface area contributed by atoms with Crippen LogP contribution in [0.4, 0.5) is 0 Å². The fourth-order valence-electron chi connectivity index (χ4n) is 3.79. The predicted molar refractivity (Wildman–Crippen MR) is 99.9 cm³/mol. The minimum absolute atomic E-state index is 0.259. The lowest BCUT2D eigenvalue weighted by molar-refractivity contribution is -0.129. The SMILES string of the molecule is CCCC1CC(=O)N(Cn2c(-c3ccccc3)nc3ccccc32)C1. The van der Waals surface area contributed by atoms with Crippen LogP contribution < -0.4 is 0 Å². The summed E-state index contributed by atoms with van der Waals surface area (Å²) >= 11 is 0. The molecule has 25 heavy (non-hydrogen) atoms. The first kappa shape index (κ1) is 15.9. The number of rotatable bonds is 5. The molecule has 0 aliphatic carbocycles. The number of carbonyl (C=O) groups is 1. The molecule has 0 bridgehead atoms. The van der Waals surface area contributed by atoms with Crippen LogP contribution in [0, 0.1) is 5.92 Å². The van der Waals surface area contributed by atoms with Gasteiger partial charge < -0.3 is 9.47 Å². The monoisotopic (exact) mass is 333 g/mol. The van der Waals surface area contributed by atoms with Crippen LogP contribution in [0.3, 0.4) is 0 Å². The van der Waals surface area contributed by atoms with Crippen LogP contribution in [-0.4, -0.2) is 26.9 Å². The van der Waals surface area contributed by atoms with Crippen molar-refractivity contribution in [1.29, 1.82) is 0 Å². The van der Waals surface area contributed by atoms with Gasteiger partial charge in [0, 0.05) is 18.5 Å². The molecule has 1 amide bonds. The summed E-state index contributed by atoms with van der Waals surface area (Å²) in [7, 11) is 0. The van der Waals surface area contributed by atoms with Crippen LogP contribution in [-0.2, 0) is 11.5 Å². The van der Waals surface area contributed by atoms with Crippen molar-refractivity contribution < 1.29 is 4.79 Å². The molecule has 4 rings (SSSR count). The van der Waals surface area contributed by atoms with E-state index >= 15 is 0 Å². The summed E-state index contributed by atoms with van der Waals surface area (Å²) in [6, 6.07) is 18.4. The second-order valence-corrected chi connectivity index (χ2v) is 6.83. The number of hydrogen-bond acceptors (Lipinski definition) is 2. The lowest BCUT2D eigenvalue weighted by Gasteiger charge is -2.19. The van der Waals surface area contributed by atoms with E-state index in [4.69, 9.17) is 4.98 Å². The maximum atomic E-state index is 12.5. The second kappa shape index (κ2) is 6.71. The van der Waals surface area contributed by atoms with Gasteiger partial charge in [-0.1, -0.05) is 55.8 Å². The average Bonchev–Trinajstić information content (AvgIpc) is 3.17. The predicted octanol–water partition coefficient (Wildman–Crippen LogP) is 4.31. The van der Waals surface area contributed by atoms with Crippen LogP contribution in [0.15, 0.2) is 54.6 Å². The number of para-hydroxylation sites is 2. The van der Waals surface area contributed by atoms with Crippen LogP contribution in [0.25, 0.3) is 22.4 Å². The van der Waals surface area contributed by atoms with Gasteiger partial charge in [0.2, 0.25) is 5.91 Å². The first-order chi connectivity index (χ1) is 12.3.